The zero-order valence-corrected chi connectivity index (χ0v) is 23.9. The number of aryl methyl sites for hydroxylation is 1. The normalized spacial score (nSPS) is 14.0. The molecule has 0 unspecified atom stereocenters. The molecule has 4 heterocycles. The van der Waals surface area contributed by atoms with Crippen LogP contribution in [-0.2, 0) is 22.9 Å². The van der Waals surface area contributed by atoms with E-state index in [9.17, 15) is 8.42 Å². The Morgan fingerprint density at radius 1 is 1.05 bits per heavy atom. The van der Waals surface area contributed by atoms with Crippen LogP contribution in [0.5, 0.6) is 11.5 Å². The standard InChI is InChI=1S/C27H31ClN6O5S/c1-37-22-7-5-8-23(38-2)25(22)34-26(24-9-6-15-39-24)30-31-27(34)32-40(35,36)16-11-21-19(17-20(28)18-29-21)10-14-33-12-3-4-13-33/h5-9,15,17-18H,3-4,10-14,16H2,1-2H3,(H,31,32). The number of ether oxygens (including phenoxy) is 2. The Morgan fingerprint density at radius 2 is 1.80 bits per heavy atom. The van der Waals surface area contributed by atoms with Gasteiger partial charge in [0, 0.05) is 24.9 Å². The summed E-state index contributed by atoms with van der Waals surface area (Å²) in [5, 5.41) is 8.91. The maximum Gasteiger partial charge on any atom is 0.243 e. The molecule has 0 spiro atoms. The molecule has 13 heteroatoms. The van der Waals surface area contributed by atoms with E-state index in [1.807, 2.05) is 6.07 Å². The summed E-state index contributed by atoms with van der Waals surface area (Å²) in [5.41, 5.74) is 2.08. The summed E-state index contributed by atoms with van der Waals surface area (Å²) in [7, 11) is -0.858. The number of methoxy groups -OCH3 is 2. The van der Waals surface area contributed by atoms with Gasteiger partial charge in [0.05, 0.1) is 31.3 Å². The van der Waals surface area contributed by atoms with Gasteiger partial charge in [0.1, 0.15) is 17.2 Å². The quantitative estimate of drug-likeness (QED) is 0.260. The molecule has 1 saturated heterocycles. The van der Waals surface area contributed by atoms with Crippen LogP contribution in [0.15, 0.2) is 53.3 Å². The average molecular weight is 587 g/mol. The van der Waals surface area contributed by atoms with E-state index in [-0.39, 0.29) is 23.9 Å². The van der Waals surface area contributed by atoms with Crippen LogP contribution in [0, 0.1) is 0 Å². The number of likely N-dealkylation sites (tertiary alicyclic amines) is 1. The first-order chi connectivity index (χ1) is 19.4. The molecule has 1 aromatic carbocycles. The number of aromatic nitrogens is 4. The van der Waals surface area contributed by atoms with Crippen LogP contribution in [0.2, 0.25) is 5.02 Å². The fourth-order valence-electron chi connectivity index (χ4n) is 4.84. The molecule has 4 aromatic rings. The number of nitrogens with one attached hydrogen (secondary N) is 1. The Bertz CT molecular complexity index is 1530. The van der Waals surface area contributed by atoms with Gasteiger partial charge in [0.25, 0.3) is 0 Å². The summed E-state index contributed by atoms with van der Waals surface area (Å²) in [4.78, 5) is 6.86. The predicted octanol–water partition coefficient (Wildman–Crippen LogP) is 4.22. The van der Waals surface area contributed by atoms with Crippen molar-refractivity contribution >= 4 is 27.6 Å². The first-order valence-corrected chi connectivity index (χ1v) is 15.0. The second-order valence-electron chi connectivity index (χ2n) is 9.40. The summed E-state index contributed by atoms with van der Waals surface area (Å²) >= 11 is 6.23. The fraction of sp³-hybridized carbons (Fsp3) is 0.370. The highest BCUT2D eigenvalue weighted by Gasteiger charge is 2.26. The zero-order chi connectivity index (χ0) is 28.1. The van der Waals surface area contributed by atoms with Crippen molar-refractivity contribution in [2.24, 2.45) is 0 Å². The third-order valence-corrected chi connectivity index (χ3v) is 8.25. The molecular weight excluding hydrogens is 556 g/mol. The van der Waals surface area contributed by atoms with Crippen molar-refractivity contribution in [3.05, 3.63) is 65.1 Å². The molecule has 0 saturated carbocycles. The molecule has 11 nitrogen and oxygen atoms in total. The van der Waals surface area contributed by atoms with Crippen molar-refractivity contribution in [2.45, 2.75) is 25.7 Å². The smallest absolute Gasteiger partial charge is 0.243 e. The lowest BCUT2D eigenvalue weighted by Gasteiger charge is -2.17. The lowest BCUT2D eigenvalue weighted by Crippen LogP contribution is -2.23. The van der Waals surface area contributed by atoms with Gasteiger partial charge in [-0.3, -0.25) is 14.3 Å². The van der Waals surface area contributed by atoms with Gasteiger partial charge in [-0.1, -0.05) is 17.7 Å². The molecule has 0 bridgehead atoms. The molecule has 1 aliphatic rings. The van der Waals surface area contributed by atoms with Gasteiger partial charge in [-0.05, 0) is 68.2 Å². The van der Waals surface area contributed by atoms with Gasteiger partial charge >= 0.3 is 0 Å². The number of hydrogen-bond acceptors (Lipinski definition) is 9. The Kier molecular flexibility index (Phi) is 8.57. The van der Waals surface area contributed by atoms with Gasteiger partial charge in [0.15, 0.2) is 5.76 Å². The van der Waals surface area contributed by atoms with Crippen LogP contribution in [0.3, 0.4) is 0 Å². The number of pyridine rings is 1. The second kappa shape index (κ2) is 12.3. The van der Waals surface area contributed by atoms with Gasteiger partial charge in [-0.25, -0.2) is 8.42 Å². The van der Waals surface area contributed by atoms with E-state index >= 15 is 0 Å². The molecule has 212 valence electrons. The number of nitrogens with zero attached hydrogens (tertiary/aromatic N) is 5. The first kappa shape index (κ1) is 27.9. The Labute approximate surface area is 238 Å². The van der Waals surface area contributed by atoms with E-state index < -0.39 is 10.0 Å². The molecule has 1 aliphatic heterocycles. The van der Waals surface area contributed by atoms with E-state index in [0.29, 0.717) is 33.7 Å². The highest BCUT2D eigenvalue weighted by Crippen LogP contribution is 2.37. The van der Waals surface area contributed by atoms with E-state index in [1.54, 1.807) is 36.5 Å². The third kappa shape index (κ3) is 6.24. The third-order valence-electron chi connectivity index (χ3n) is 6.81. The summed E-state index contributed by atoms with van der Waals surface area (Å²) in [6, 6.07) is 10.5. The number of benzene rings is 1. The fourth-order valence-corrected chi connectivity index (χ4v) is 5.99. The van der Waals surface area contributed by atoms with Crippen molar-refractivity contribution in [3.8, 4) is 28.8 Å². The van der Waals surface area contributed by atoms with Crippen LogP contribution >= 0.6 is 11.6 Å². The SMILES string of the molecule is COc1cccc(OC)c1-n1c(NS(=O)(=O)CCc2ncc(Cl)cc2CCN2CCCC2)nnc1-c1ccco1. The summed E-state index contributed by atoms with van der Waals surface area (Å²) < 4.78 is 47.5. The molecule has 0 atom stereocenters. The van der Waals surface area contributed by atoms with Crippen molar-refractivity contribution in [3.63, 3.8) is 0 Å². The lowest BCUT2D eigenvalue weighted by molar-refractivity contribution is 0.343. The summed E-state index contributed by atoms with van der Waals surface area (Å²) in [6.07, 6.45) is 6.42. The topological polar surface area (TPSA) is 125 Å². The highest BCUT2D eigenvalue weighted by molar-refractivity contribution is 7.92. The van der Waals surface area contributed by atoms with Gasteiger partial charge in [0.2, 0.25) is 21.8 Å². The van der Waals surface area contributed by atoms with E-state index in [1.165, 1.54) is 37.9 Å². The van der Waals surface area contributed by atoms with Crippen molar-refractivity contribution in [2.75, 3.05) is 44.3 Å². The minimum Gasteiger partial charge on any atom is -0.494 e. The Morgan fingerprint density at radius 3 is 2.48 bits per heavy atom. The minimum atomic E-state index is -3.88. The number of furan rings is 1. The number of hydrogen-bond donors (Lipinski definition) is 1. The Hall–Kier alpha value is -3.61. The summed E-state index contributed by atoms with van der Waals surface area (Å²) in [6.45, 7) is 3.05. The molecule has 1 fully saturated rings. The van der Waals surface area contributed by atoms with Gasteiger partial charge in [-0.15, -0.1) is 10.2 Å². The van der Waals surface area contributed by atoms with E-state index in [0.717, 1.165) is 31.6 Å². The van der Waals surface area contributed by atoms with Crippen molar-refractivity contribution in [1.29, 1.82) is 0 Å². The second-order valence-corrected chi connectivity index (χ2v) is 11.7. The summed E-state index contributed by atoms with van der Waals surface area (Å²) in [5.74, 6) is 1.27. The lowest BCUT2D eigenvalue weighted by atomic mass is 10.1. The maximum atomic E-state index is 13.4. The van der Waals surface area contributed by atoms with Crippen LogP contribution in [-0.4, -0.2) is 72.7 Å². The van der Waals surface area contributed by atoms with Gasteiger partial charge in [-0.2, -0.15) is 0 Å². The number of para-hydroxylation sites is 1. The largest absolute Gasteiger partial charge is 0.494 e. The number of rotatable bonds is 12. The van der Waals surface area contributed by atoms with Crippen molar-refractivity contribution in [1.82, 2.24) is 24.6 Å². The molecular formula is C27H31ClN6O5S. The average Bonchev–Trinajstić information content (AvgIpc) is 3.73. The monoisotopic (exact) mass is 586 g/mol. The van der Waals surface area contributed by atoms with Crippen LogP contribution in [0.25, 0.3) is 17.3 Å². The molecule has 0 amide bonds. The number of halogens is 1. The number of anilines is 1. The molecule has 0 radical (unpaired) electrons. The van der Waals surface area contributed by atoms with E-state index in [4.69, 9.17) is 25.5 Å². The van der Waals surface area contributed by atoms with E-state index in [2.05, 4.69) is 24.8 Å². The van der Waals surface area contributed by atoms with Crippen LogP contribution < -0.4 is 14.2 Å². The van der Waals surface area contributed by atoms with Crippen LogP contribution in [0.4, 0.5) is 5.95 Å². The molecule has 40 heavy (non-hydrogen) atoms. The Balaban J connectivity index is 1.42. The number of sulfonamides is 1. The van der Waals surface area contributed by atoms with Gasteiger partial charge < -0.3 is 18.8 Å². The van der Waals surface area contributed by atoms with Crippen molar-refractivity contribution < 1.29 is 22.3 Å². The first-order valence-electron chi connectivity index (χ1n) is 13.0. The maximum absolute atomic E-state index is 13.4. The molecule has 0 aliphatic carbocycles. The molecule has 3 aromatic heterocycles. The molecule has 1 N–H and O–H groups in total. The zero-order valence-electron chi connectivity index (χ0n) is 22.3. The minimum absolute atomic E-state index is 0.0347. The highest BCUT2D eigenvalue weighted by atomic mass is 35.5. The molecule has 5 rings (SSSR count). The predicted molar refractivity (Wildman–Crippen MR) is 152 cm³/mol. The van der Waals surface area contributed by atoms with Crippen LogP contribution in [0.1, 0.15) is 24.1 Å².